The molecule has 3 heterocycles. The summed E-state index contributed by atoms with van der Waals surface area (Å²) in [6, 6.07) is 4.36. The van der Waals surface area contributed by atoms with Crippen LogP contribution in [-0.2, 0) is 26.6 Å². The Kier molecular flexibility index (Phi) is 10.0. The molecule has 0 aliphatic carbocycles. The van der Waals surface area contributed by atoms with Crippen molar-refractivity contribution < 1.29 is 32.6 Å². The molecule has 41 heavy (non-hydrogen) atoms. The van der Waals surface area contributed by atoms with Crippen molar-refractivity contribution in [1.29, 1.82) is 0 Å². The van der Waals surface area contributed by atoms with Crippen LogP contribution >= 0.6 is 0 Å². The Labute approximate surface area is 241 Å². The zero-order chi connectivity index (χ0) is 29.7. The molecule has 0 saturated carbocycles. The van der Waals surface area contributed by atoms with Crippen molar-refractivity contribution in [1.82, 2.24) is 23.7 Å². The fraction of sp³-hybridized carbons (Fsp3) is 0.593. The lowest BCUT2D eigenvalue weighted by atomic mass is 9.99. The molecule has 0 unspecified atom stereocenters. The van der Waals surface area contributed by atoms with Gasteiger partial charge in [-0.1, -0.05) is 6.92 Å². The Bertz CT molecular complexity index is 1330. The van der Waals surface area contributed by atoms with E-state index in [1.165, 1.54) is 23.9 Å². The van der Waals surface area contributed by atoms with Gasteiger partial charge in [-0.25, -0.2) is 13.4 Å². The highest BCUT2D eigenvalue weighted by molar-refractivity contribution is 7.89. The molecule has 0 spiro atoms. The van der Waals surface area contributed by atoms with Gasteiger partial charge < -0.3 is 29.4 Å². The first-order chi connectivity index (χ1) is 19.5. The van der Waals surface area contributed by atoms with Gasteiger partial charge in [0.1, 0.15) is 11.9 Å². The number of sulfonamides is 1. The van der Waals surface area contributed by atoms with Crippen molar-refractivity contribution in [3.05, 3.63) is 36.3 Å². The maximum atomic E-state index is 13.7. The van der Waals surface area contributed by atoms with Crippen molar-refractivity contribution in [3.63, 3.8) is 0 Å². The van der Waals surface area contributed by atoms with E-state index in [1.54, 1.807) is 41.6 Å². The summed E-state index contributed by atoms with van der Waals surface area (Å²) in [5.41, 5.74) is 0.674. The molecule has 1 saturated heterocycles. The molecular weight excluding hydrogens is 552 g/mol. The Morgan fingerprint density at radius 3 is 2.68 bits per heavy atom. The Morgan fingerprint density at radius 2 is 2.02 bits per heavy atom. The summed E-state index contributed by atoms with van der Waals surface area (Å²) in [5.74, 6) is -0.520. The van der Waals surface area contributed by atoms with Crippen LogP contribution in [0.25, 0.3) is 0 Å². The predicted octanol–water partition coefficient (Wildman–Crippen LogP) is 0.622. The SMILES string of the molecule is C[C@H](CO)N1C[C@H](C)[C@H](CN(C)S(=O)(=O)c2cn(C)cn2)Oc2ccc(NC(=O)CCN3CCOCC3)cc2C1=O. The third-order valence-corrected chi connectivity index (χ3v) is 9.21. The molecule has 14 heteroatoms. The molecule has 1 aromatic heterocycles. The minimum absolute atomic E-state index is 0.00901. The molecule has 2 N–H and O–H groups in total. The van der Waals surface area contributed by atoms with Crippen LogP contribution in [0.1, 0.15) is 30.6 Å². The number of fused-ring (bicyclic) bond motifs is 1. The van der Waals surface area contributed by atoms with E-state index in [0.29, 0.717) is 31.9 Å². The number of rotatable bonds is 10. The van der Waals surface area contributed by atoms with Crippen molar-refractivity contribution in [2.75, 3.05) is 64.9 Å². The number of carbonyl (C=O) groups excluding carboxylic acids is 2. The molecule has 3 atom stereocenters. The van der Waals surface area contributed by atoms with E-state index in [9.17, 15) is 23.1 Å². The summed E-state index contributed by atoms with van der Waals surface area (Å²) in [4.78, 5) is 34.1. The lowest BCUT2D eigenvalue weighted by Gasteiger charge is -2.38. The average Bonchev–Trinajstić information content (AvgIpc) is 3.41. The number of imidazole rings is 1. The van der Waals surface area contributed by atoms with Crippen LogP contribution in [-0.4, -0.2) is 121 Å². The number of benzene rings is 1. The quantitative estimate of drug-likeness (QED) is 0.405. The minimum Gasteiger partial charge on any atom is -0.488 e. The van der Waals surface area contributed by atoms with E-state index >= 15 is 0 Å². The van der Waals surface area contributed by atoms with Gasteiger partial charge in [-0.3, -0.25) is 14.5 Å². The first-order valence-corrected chi connectivity index (χ1v) is 15.2. The average molecular weight is 593 g/mol. The zero-order valence-corrected chi connectivity index (χ0v) is 24.8. The highest BCUT2D eigenvalue weighted by Crippen LogP contribution is 2.31. The van der Waals surface area contributed by atoms with Crippen LogP contribution < -0.4 is 10.1 Å². The largest absolute Gasteiger partial charge is 0.488 e. The molecule has 1 fully saturated rings. The number of aromatic nitrogens is 2. The monoisotopic (exact) mass is 592 g/mol. The van der Waals surface area contributed by atoms with Gasteiger partial charge in [-0.2, -0.15) is 4.31 Å². The number of morpholine rings is 1. The van der Waals surface area contributed by atoms with E-state index in [0.717, 1.165) is 13.1 Å². The lowest BCUT2D eigenvalue weighted by molar-refractivity contribution is -0.116. The Balaban J connectivity index is 1.55. The minimum atomic E-state index is -3.88. The fourth-order valence-corrected chi connectivity index (χ4v) is 6.00. The first-order valence-electron chi connectivity index (χ1n) is 13.8. The predicted molar refractivity (Wildman–Crippen MR) is 151 cm³/mol. The Hall–Kier alpha value is -3.04. The van der Waals surface area contributed by atoms with Crippen LogP contribution in [0, 0.1) is 5.92 Å². The number of amides is 2. The molecule has 2 amide bonds. The number of hydrogen-bond acceptors (Lipinski definition) is 9. The third kappa shape index (κ3) is 7.43. The molecule has 4 rings (SSSR count). The topological polar surface area (TPSA) is 147 Å². The summed E-state index contributed by atoms with van der Waals surface area (Å²) in [6.45, 7) is 7.12. The second-order valence-corrected chi connectivity index (χ2v) is 12.7. The second-order valence-electron chi connectivity index (χ2n) is 10.7. The fourth-order valence-electron chi connectivity index (χ4n) is 4.86. The van der Waals surface area contributed by atoms with Crippen molar-refractivity contribution >= 4 is 27.5 Å². The molecule has 0 bridgehead atoms. The number of likely N-dealkylation sites (N-methyl/N-ethyl adjacent to an activating group) is 1. The van der Waals surface area contributed by atoms with Crippen molar-refractivity contribution in [2.45, 2.75) is 37.4 Å². The summed E-state index contributed by atoms with van der Waals surface area (Å²) in [6.07, 6.45) is 2.54. The highest BCUT2D eigenvalue weighted by Gasteiger charge is 2.35. The van der Waals surface area contributed by atoms with E-state index in [-0.39, 0.29) is 53.8 Å². The Morgan fingerprint density at radius 1 is 1.29 bits per heavy atom. The second kappa shape index (κ2) is 13.3. The lowest BCUT2D eigenvalue weighted by Crippen LogP contribution is -2.50. The molecule has 13 nitrogen and oxygen atoms in total. The molecule has 2 aromatic rings. The smallest absolute Gasteiger partial charge is 0.261 e. The van der Waals surface area contributed by atoms with Gasteiger partial charge in [0, 0.05) is 64.5 Å². The summed E-state index contributed by atoms with van der Waals surface area (Å²) in [7, 11) is -0.717. The van der Waals surface area contributed by atoms with Gasteiger partial charge in [0.25, 0.3) is 15.9 Å². The number of aliphatic hydroxyl groups excluding tert-OH is 1. The molecule has 2 aliphatic heterocycles. The molecule has 2 aliphatic rings. The number of aryl methyl sites for hydroxylation is 1. The number of nitrogens with zero attached hydrogens (tertiary/aromatic N) is 5. The van der Waals surface area contributed by atoms with E-state index < -0.39 is 22.2 Å². The summed E-state index contributed by atoms with van der Waals surface area (Å²) < 4.78 is 40.7. The van der Waals surface area contributed by atoms with Crippen LogP contribution in [0.3, 0.4) is 0 Å². The number of aliphatic hydroxyl groups is 1. The molecule has 226 valence electrons. The van der Waals surface area contributed by atoms with Crippen LogP contribution in [0.15, 0.2) is 35.7 Å². The number of ether oxygens (including phenoxy) is 2. The van der Waals surface area contributed by atoms with Gasteiger partial charge in [-0.05, 0) is 25.1 Å². The molecule has 0 radical (unpaired) electrons. The van der Waals surface area contributed by atoms with E-state index in [2.05, 4.69) is 15.2 Å². The highest BCUT2D eigenvalue weighted by atomic mass is 32.2. The van der Waals surface area contributed by atoms with Crippen LogP contribution in [0.4, 0.5) is 5.69 Å². The van der Waals surface area contributed by atoms with Gasteiger partial charge in [0.05, 0.1) is 44.3 Å². The maximum absolute atomic E-state index is 13.7. The van der Waals surface area contributed by atoms with Gasteiger partial charge in [0.2, 0.25) is 5.91 Å². The number of hydrogen-bond donors (Lipinski definition) is 2. The first kappa shape index (κ1) is 30.9. The van der Waals surface area contributed by atoms with Crippen LogP contribution in [0.5, 0.6) is 5.75 Å². The van der Waals surface area contributed by atoms with Crippen LogP contribution in [0.2, 0.25) is 0 Å². The molecule has 1 aromatic carbocycles. The third-order valence-electron chi connectivity index (χ3n) is 7.50. The van der Waals surface area contributed by atoms with Gasteiger partial charge in [-0.15, -0.1) is 0 Å². The number of anilines is 1. The number of nitrogens with one attached hydrogen (secondary N) is 1. The summed E-state index contributed by atoms with van der Waals surface area (Å²) in [5, 5.41) is 12.7. The van der Waals surface area contributed by atoms with Crippen molar-refractivity contribution in [3.8, 4) is 5.75 Å². The zero-order valence-electron chi connectivity index (χ0n) is 24.0. The summed E-state index contributed by atoms with van der Waals surface area (Å²) >= 11 is 0. The van der Waals surface area contributed by atoms with E-state index in [4.69, 9.17) is 9.47 Å². The molecular formula is C27H40N6O7S. The number of carbonyl (C=O) groups is 2. The van der Waals surface area contributed by atoms with Gasteiger partial charge >= 0.3 is 0 Å². The normalized spacial score (nSPS) is 21.1. The van der Waals surface area contributed by atoms with E-state index in [1.807, 2.05) is 6.92 Å². The van der Waals surface area contributed by atoms with Gasteiger partial charge in [0.15, 0.2) is 5.03 Å². The van der Waals surface area contributed by atoms with Crippen molar-refractivity contribution in [2.24, 2.45) is 13.0 Å². The maximum Gasteiger partial charge on any atom is 0.261 e. The standard InChI is InChI=1S/C27H40N6O7S/c1-19-14-33(20(2)17-34)27(36)22-13-21(29-25(35)7-8-32-9-11-39-12-10-32)5-6-23(22)40-24(19)15-31(4)41(37,38)26-16-30(3)18-28-26/h5-6,13,16,18-20,24,34H,7-12,14-15,17H2,1-4H3,(H,29,35)/t19-,20+,24-/m0/s1.